The third-order valence-corrected chi connectivity index (χ3v) is 4.21. The predicted molar refractivity (Wildman–Crippen MR) is 83.6 cm³/mol. The summed E-state index contributed by atoms with van der Waals surface area (Å²) in [6.45, 7) is 3.44. The standard InChI is InChI=1S/C13H18N2O3S2/c1-8-6-10(12(16)17-2)11(20-8)15-13(19)14-7-9-4-3-5-18-9/h6,9H,3-5,7H2,1-2H3,(H2,14,15,19)/t9-/m1/s1. The van der Waals surface area contributed by atoms with Crippen LogP contribution in [0, 0.1) is 6.92 Å². The molecule has 0 saturated carbocycles. The predicted octanol–water partition coefficient (Wildman–Crippen LogP) is 2.31. The van der Waals surface area contributed by atoms with E-state index < -0.39 is 0 Å². The van der Waals surface area contributed by atoms with Gasteiger partial charge in [0.2, 0.25) is 0 Å². The molecule has 110 valence electrons. The van der Waals surface area contributed by atoms with Crippen molar-refractivity contribution in [3.05, 3.63) is 16.5 Å². The lowest BCUT2D eigenvalue weighted by atomic mass is 10.2. The van der Waals surface area contributed by atoms with E-state index in [0.29, 0.717) is 22.2 Å². The van der Waals surface area contributed by atoms with Crippen LogP contribution in [0.2, 0.25) is 0 Å². The van der Waals surface area contributed by atoms with Gasteiger partial charge >= 0.3 is 5.97 Å². The minimum absolute atomic E-state index is 0.222. The van der Waals surface area contributed by atoms with Crippen molar-refractivity contribution < 1.29 is 14.3 Å². The Hall–Kier alpha value is -1.18. The quantitative estimate of drug-likeness (QED) is 0.657. The first-order chi connectivity index (χ1) is 9.60. The maximum Gasteiger partial charge on any atom is 0.340 e. The Morgan fingerprint density at radius 2 is 2.45 bits per heavy atom. The Balaban J connectivity index is 1.91. The number of rotatable bonds is 4. The van der Waals surface area contributed by atoms with Crippen molar-refractivity contribution >= 4 is 39.6 Å². The topological polar surface area (TPSA) is 59.6 Å². The molecule has 0 bridgehead atoms. The van der Waals surface area contributed by atoms with E-state index in [1.165, 1.54) is 18.4 Å². The summed E-state index contributed by atoms with van der Waals surface area (Å²) in [7, 11) is 1.37. The normalized spacial score (nSPS) is 17.8. The summed E-state index contributed by atoms with van der Waals surface area (Å²) in [4.78, 5) is 12.7. The summed E-state index contributed by atoms with van der Waals surface area (Å²) in [5.74, 6) is -0.362. The molecule has 0 radical (unpaired) electrons. The van der Waals surface area contributed by atoms with Crippen LogP contribution in [-0.2, 0) is 9.47 Å². The summed E-state index contributed by atoms with van der Waals surface area (Å²) in [5, 5.41) is 7.37. The zero-order valence-corrected chi connectivity index (χ0v) is 13.2. The third kappa shape index (κ3) is 3.91. The zero-order valence-electron chi connectivity index (χ0n) is 11.5. The van der Waals surface area contributed by atoms with Crippen LogP contribution in [0.5, 0.6) is 0 Å². The molecular weight excluding hydrogens is 296 g/mol. The summed E-state index contributed by atoms with van der Waals surface area (Å²) < 4.78 is 10.3. The van der Waals surface area contributed by atoms with Crippen LogP contribution in [0.1, 0.15) is 28.1 Å². The maximum atomic E-state index is 11.7. The fourth-order valence-electron chi connectivity index (χ4n) is 2.03. The molecule has 2 heterocycles. The molecule has 2 N–H and O–H groups in total. The molecular formula is C13H18N2O3S2. The highest BCUT2D eigenvalue weighted by molar-refractivity contribution is 7.80. The van der Waals surface area contributed by atoms with Crippen molar-refractivity contribution in [3.63, 3.8) is 0 Å². The van der Waals surface area contributed by atoms with E-state index in [4.69, 9.17) is 21.7 Å². The summed E-state index contributed by atoms with van der Waals surface area (Å²) in [5.41, 5.74) is 0.510. The van der Waals surface area contributed by atoms with Crippen LogP contribution in [0.4, 0.5) is 5.00 Å². The van der Waals surface area contributed by atoms with Crippen LogP contribution in [0.25, 0.3) is 0 Å². The molecule has 0 aromatic carbocycles. The minimum Gasteiger partial charge on any atom is -0.465 e. The Kier molecular flexibility index (Phi) is 5.33. The van der Waals surface area contributed by atoms with E-state index in [9.17, 15) is 4.79 Å². The first-order valence-electron chi connectivity index (χ1n) is 6.45. The van der Waals surface area contributed by atoms with E-state index in [2.05, 4.69) is 10.6 Å². The second-order valence-corrected chi connectivity index (χ2v) is 6.23. The number of carbonyl (C=O) groups is 1. The number of thiocarbonyl (C=S) groups is 1. The van der Waals surface area contributed by atoms with Crippen LogP contribution >= 0.6 is 23.6 Å². The average molecular weight is 314 g/mol. The zero-order chi connectivity index (χ0) is 14.5. The lowest BCUT2D eigenvalue weighted by Crippen LogP contribution is -2.34. The number of carbonyl (C=O) groups excluding carboxylic acids is 1. The molecule has 1 aliphatic rings. The van der Waals surface area contributed by atoms with Crippen molar-refractivity contribution in [1.82, 2.24) is 5.32 Å². The van der Waals surface area contributed by atoms with Gasteiger partial charge in [0, 0.05) is 18.0 Å². The number of hydrogen-bond acceptors (Lipinski definition) is 5. The lowest BCUT2D eigenvalue weighted by molar-refractivity contribution is 0.0602. The maximum absolute atomic E-state index is 11.7. The second-order valence-electron chi connectivity index (χ2n) is 4.56. The first-order valence-corrected chi connectivity index (χ1v) is 7.68. The molecule has 0 spiro atoms. The highest BCUT2D eigenvalue weighted by Crippen LogP contribution is 2.28. The number of aryl methyl sites for hydroxylation is 1. The Morgan fingerprint density at radius 3 is 3.10 bits per heavy atom. The third-order valence-electron chi connectivity index (χ3n) is 3.00. The van der Waals surface area contributed by atoms with E-state index in [0.717, 1.165) is 24.3 Å². The average Bonchev–Trinajstić information content (AvgIpc) is 3.05. The van der Waals surface area contributed by atoms with Gasteiger partial charge in [0.15, 0.2) is 5.11 Å². The summed E-state index contributed by atoms with van der Waals surface area (Å²) in [6.07, 6.45) is 2.38. The van der Waals surface area contributed by atoms with Crippen molar-refractivity contribution in [2.45, 2.75) is 25.9 Å². The summed E-state index contributed by atoms with van der Waals surface area (Å²) >= 11 is 6.71. The number of anilines is 1. The molecule has 2 rings (SSSR count). The van der Waals surface area contributed by atoms with Crippen LogP contribution in [0.15, 0.2) is 6.07 Å². The Labute approximate surface area is 127 Å². The fraction of sp³-hybridized carbons (Fsp3) is 0.538. The molecule has 1 saturated heterocycles. The van der Waals surface area contributed by atoms with Gasteiger partial charge in [0.05, 0.1) is 18.8 Å². The minimum atomic E-state index is -0.362. The van der Waals surface area contributed by atoms with Gasteiger partial charge in [-0.25, -0.2) is 4.79 Å². The highest BCUT2D eigenvalue weighted by Gasteiger charge is 2.18. The number of methoxy groups -OCH3 is 1. The van der Waals surface area contributed by atoms with Crippen molar-refractivity contribution in [2.75, 3.05) is 25.6 Å². The highest BCUT2D eigenvalue weighted by atomic mass is 32.1. The van der Waals surface area contributed by atoms with Crippen LogP contribution in [0.3, 0.4) is 0 Å². The van der Waals surface area contributed by atoms with Gasteiger partial charge in [-0.3, -0.25) is 0 Å². The van der Waals surface area contributed by atoms with Gasteiger partial charge in [0.25, 0.3) is 0 Å². The number of ether oxygens (including phenoxy) is 2. The first kappa shape index (κ1) is 15.2. The molecule has 0 unspecified atom stereocenters. The molecule has 1 atom stereocenters. The smallest absolute Gasteiger partial charge is 0.340 e. The number of thiophene rings is 1. The van der Waals surface area contributed by atoms with Crippen molar-refractivity contribution in [2.24, 2.45) is 0 Å². The van der Waals surface area contributed by atoms with Gasteiger partial charge < -0.3 is 20.1 Å². The van der Waals surface area contributed by atoms with E-state index in [1.54, 1.807) is 6.07 Å². The molecule has 0 amide bonds. The van der Waals surface area contributed by atoms with Gasteiger partial charge in [-0.05, 0) is 38.0 Å². The summed E-state index contributed by atoms with van der Waals surface area (Å²) in [6, 6.07) is 1.79. The Bertz CT molecular complexity index is 496. The van der Waals surface area contributed by atoms with E-state index in [-0.39, 0.29) is 12.1 Å². The van der Waals surface area contributed by atoms with Crippen molar-refractivity contribution in [3.8, 4) is 0 Å². The lowest BCUT2D eigenvalue weighted by Gasteiger charge is -2.13. The van der Waals surface area contributed by atoms with Crippen molar-refractivity contribution in [1.29, 1.82) is 0 Å². The molecule has 1 fully saturated rings. The molecule has 1 aliphatic heterocycles. The van der Waals surface area contributed by atoms with Gasteiger partial charge in [-0.2, -0.15) is 0 Å². The Morgan fingerprint density at radius 1 is 1.65 bits per heavy atom. The SMILES string of the molecule is COC(=O)c1cc(C)sc1NC(=S)NC[C@H]1CCCO1. The number of hydrogen-bond donors (Lipinski definition) is 2. The van der Waals surface area contributed by atoms with Gasteiger partial charge in [0.1, 0.15) is 5.00 Å². The van der Waals surface area contributed by atoms with Gasteiger partial charge in [-0.15, -0.1) is 11.3 Å². The monoisotopic (exact) mass is 314 g/mol. The number of nitrogens with one attached hydrogen (secondary N) is 2. The largest absolute Gasteiger partial charge is 0.465 e. The molecule has 7 heteroatoms. The molecule has 1 aromatic heterocycles. The molecule has 5 nitrogen and oxygen atoms in total. The van der Waals surface area contributed by atoms with Gasteiger partial charge in [-0.1, -0.05) is 0 Å². The number of esters is 1. The van der Waals surface area contributed by atoms with E-state index >= 15 is 0 Å². The molecule has 1 aromatic rings. The van der Waals surface area contributed by atoms with Crippen LogP contribution < -0.4 is 10.6 Å². The fourth-order valence-corrected chi connectivity index (χ4v) is 3.18. The van der Waals surface area contributed by atoms with E-state index in [1.807, 2.05) is 6.92 Å². The molecule has 20 heavy (non-hydrogen) atoms. The molecule has 0 aliphatic carbocycles. The second kappa shape index (κ2) is 7.01. The van der Waals surface area contributed by atoms with Crippen LogP contribution in [-0.4, -0.2) is 37.4 Å².